The van der Waals surface area contributed by atoms with Gasteiger partial charge in [-0.3, -0.25) is 4.90 Å². The van der Waals surface area contributed by atoms with Crippen LogP contribution in [-0.2, 0) is 11.2 Å². The summed E-state index contributed by atoms with van der Waals surface area (Å²) in [5.41, 5.74) is 2.37. The molecule has 21 heavy (non-hydrogen) atoms. The Balaban J connectivity index is 1.90. The monoisotopic (exact) mass is 291 g/mol. The second-order valence-corrected chi connectivity index (χ2v) is 6.57. The number of methoxy groups -OCH3 is 1. The summed E-state index contributed by atoms with van der Waals surface area (Å²) in [6.45, 7) is 6.80. The van der Waals surface area contributed by atoms with Gasteiger partial charge < -0.3 is 9.84 Å². The highest BCUT2D eigenvalue weighted by molar-refractivity contribution is 5.24. The predicted octanol–water partition coefficient (Wildman–Crippen LogP) is 3.03. The highest BCUT2D eigenvalue weighted by Gasteiger charge is 2.30. The van der Waals surface area contributed by atoms with E-state index in [2.05, 4.69) is 43.0 Å². The fourth-order valence-electron chi connectivity index (χ4n) is 2.75. The van der Waals surface area contributed by atoms with E-state index in [1.54, 1.807) is 7.11 Å². The molecule has 1 aromatic rings. The van der Waals surface area contributed by atoms with E-state index in [0.717, 1.165) is 25.1 Å². The van der Waals surface area contributed by atoms with Crippen LogP contribution in [0.5, 0.6) is 0 Å². The Hall–Kier alpha value is -0.900. The summed E-state index contributed by atoms with van der Waals surface area (Å²) in [5, 5.41) is 10.5. The zero-order valence-electron chi connectivity index (χ0n) is 13.6. The van der Waals surface area contributed by atoms with E-state index in [-0.39, 0.29) is 0 Å². The summed E-state index contributed by atoms with van der Waals surface area (Å²) in [7, 11) is 1.73. The molecule has 0 spiro atoms. The maximum absolute atomic E-state index is 10.5. The first kappa shape index (κ1) is 16.5. The van der Waals surface area contributed by atoms with Gasteiger partial charge in [0.05, 0.1) is 12.7 Å². The molecular formula is C18H29NO2. The van der Waals surface area contributed by atoms with E-state index in [1.807, 2.05) is 0 Å². The molecule has 0 saturated heterocycles. The minimum atomic E-state index is -0.407. The Morgan fingerprint density at radius 1 is 1.24 bits per heavy atom. The molecule has 3 nitrogen and oxygen atoms in total. The van der Waals surface area contributed by atoms with Crippen molar-refractivity contribution in [3.63, 3.8) is 0 Å². The van der Waals surface area contributed by atoms with E-state index in [4.69, 9.17) is 4.74 Å². The normalized spacial score (nSPS) is 16.7. The van der Waals surface area contributed by atoms with Crippen molar-refractivity contribution in [1.82, 2.24) is 4.90 Å². The molecule has 1 N–H and O–H groups in total. The SMILES string of the molecule is COCCN(CC(O)c1ccc(CC(C)C)cc1)C1CC1. The number of rotatable bonds is 9. The summed E-state index contributed by atoms with van der Waals surface area (Å²) < 4.78 is 5.17. The number of ether oxygens (including phenoxy) is 1. The lowest BCUT2D eigenvalue weighted by Gasteiger charge is -2.25. The lowest BCUT2D eigenvalue weighted by molar-refractivity contribution is 0.0846. The van der Waals surface area contributed by atoms with Crippen LogP contribution in [-0.4, -0.2) is 42.9 Å². The van der Waals surface area contributed by atoms with Gasteiger partial charge >= 0.3 is 0 Å². The third-order valence-electron chi connectivity index (χ3n) is 4.06. The van der Waals surface area contributed by atoms with Gasteiger partial charge in [-0.1, -0.05) is 38.1 Å². The summed E-state index contributed by atoms with van der Waals surface area (Å²) in [6, 6.07) is 9.09. The Kier molecular flexibility index (Phi) is 6.22. The molecule has 0 radical (unpaired) electrons. The Morgan fingerprint density at radius 2 is 1.90 bits per heavy atom. The molecule has 0 bridgehead atoms. The maximum atomic E-state index is 10.5. The van der Waals surface area contributed by atoms with E-state index < -0.39 is 6.10 Å². The van der Waals surface area contributed by atoms with Gasteiger partial charge in [0.1, 0.15) is 0 Å². The molecule has 1 unspecified atom stereocenters. The number of aliphatic hydroxyl groups is 1. The van der Waals surface area contributed by atoms with Gasteiger partial charge in [-0.15, -0.1) is 0 Å². The maximum Gasteiger partial charge on any atom is 0.0917 e. The third-order valence-corrected chi connectivity index (χ3v) is 4.06. The molecule has 1 aromatic carbocycles. The molecule has 1 aliphatic rings. The zero-order chi connectivity index (χ0) is 15.2. The smallest absolute Gasteiger partial charge is 0.0917 e. The molecule has 0 aromatic heterocycles. The van der Waals surface area contributed by atoms with Crippen molar-refractivity contribution in [2.24, 2.45) is 5.92 Å². The number of nitrogens with zero attached hydrogens (tertiary/aromatic N) is 1. The van der Waals surface area contributed by atoms with Crippen molar-refractivity contribution in [2.75, 3.05) is 26.8 Å². The lowest BCUT2D eigenvalue weighted by Crippen LogP contribution is -2.33. The van der Waals surface area contributed by atoms with E-state index >= 15 is 0 Å². The van der Waals surface area contributed by atoms with Gasteiger partial charge in [0.2, 0.25) is 0 Å². The van der Waals surface area contributed by atoms with Crippen molar-refractivity contribution in [3.05, 3.63) is 35.4 Å². The van der Waals surface area contributed by atoms with Crippen molar-refractivity contribution < 1.29 is 9.84 Å². The van der Waals surface area contributed by atoms with Crippen molar-refractivity contribution in [1.29, 1.82) is 0 Å². The average Bonchev–Trinajstić information content (AvgIpc) is 3.28. The van der Waals surface area contributed by atoms with Crippen molar-refractivity contribution >= 4 is 0 Å². The number of hydrogen-bond donors (Lipinski definition) is 1. The van der Waals surface area contributed by atoms with E-state index in [0.29, 0.717) is 18.5 Å². The van der Waals surface area contributed by atoms with Gasteiger partial charge in [-0.05, 0) is 36.3 Å². The van der Waals surface area contributed by atoms with Gasteiger partial charge in [0.25, 0.3) is 0 Å². The highest BCUT2D eigenvalue weighted by Crippen LogP contribution is 2.28. The third kappa shape index (κ3) is 5.42. The highest BCUT2D eigenvalue weighted by atomic mass is 16.5. The molecule has 1 fully saturated rings. The number of hydrogen-bond acceptors (Lipinski definition) is 3. The van der Waals surface area contributed by atoms with Crippen molar-refractivity contribution in [3.8, 4) is 0 Å². The first-order valence-corrected chi connectivity index (χ1v) is 8.10. The summed E-state index contributed by atoms with van der Waals surface area (Å²) in [6.07, 6.45) is 3.20. The van der Waals surface area contributed by atoms with Gasteiger partial charge in [-0.2, -0.15) is 0 Å². The summed E-state index contributed by atoms with van der Waals surface area (Å²) >= 11 is 0. The minimum Gasteiger partial charge on any atom is -0.387 e. The zero-order valence-corrected chi connectivity index (χ0v) is 13.6. The molecule has 0 heterocycles. The predicted molar refractivity (Wildman–Crippen MR) is 86.4 cm³/mol. The molecule has 1 saturated carbocycles. The van der Waals surface area contributed by atoms with Crippen LogP contribution in [0, 0.1) is 5.92 Å². The van der Waals surface area contributed by atoms with Crippen LogP contribution < -0.4 is 0 Å². The number of benzene rings is 1. The summed E-state index contributed by atoms with van der Waals surface area (Å²) in [4.78, 5) is 2.36. The van der Waals surface area contributed by atoms with Crippen LogP contribution in [0.15, 0.2) is 24.3 Å². The molecule has 0 amide bonds. The molecule has 1 atom stereocenters. The van der Waals surface area contributed by atoms with Crippen LogP contribution in [0.4, 0.5) is 0 Å². The fourth-order valence-corrected chi connectivity index (χ4v) is 2.75. The first-order valence-electron chi connectivity index (χ1n) is 8.10. The van der Waals surface area contributed by atoms with Gasteiger partial charge in [0, 0.05) is 26.2 Å². The molecule has 1 aliphatic carbocycles. The number of aliphatic hydroxyl groups excluding tert-OH is 1. The lowest BCUT2D eigenvalue weighted by atomic mass is 10.00. The molecule has 3 heteroatoms. The van der Waals surface area contributed by atoms with Gasteiger partial charge in [0.15, 0.2) is 0 Å². The second kappa shape index (κ2) is 7.92. The standard InChI is InChI=1S/C18H29NO2/c1-14(2)12-15-4-6-16(7-5-15)18(20)13-19(10-11-21-3)17-8-9-17/h4-7,14,17-18,20H,8-13H2,1-3H3. The Labute approximate surface area is 128 Å². The largest absolute Gasteiger partial charge is 0.387 e. The average molecular weight is 291 g/mol. The van der Waals surface area contributed by atoms with Crippen LogP contribution >= 0.6 is 0 Å². The second-order valence-electron chi connectivity index (χ2n) is 6.57. The van der Waals surface area contributed by atoms with Crippen LogP contribution in [0.3, 0.4) is 0 Å². The molecule has 0 aliphatic heterocycles. The Bertz CT molecular complexity index is 412. The first-order chi connectivity index (χ1) is 10.1. The van der Waals surface area contributed by atoms with Crippen LogP contribution in [0.2, 0.25) is 0 Å². The van der Waals surface area contributed by atoms with Gasteiger partial charge in [-0.25, -0.2) is 0 Å². The minimum absolute atomic E-state index is 0.407. The molecule has 2 rings (SSSR count). The Morgan fingerprint density at radius 3 is 2.43 bits per heavy atom. The van der Waals surface area contributed by atoms with E-state index in [1.165, 1.54) is 18.4 Å². The van der Waals surface area contributed by atoms with E-state index in [9.17, 15) is 5.11 Å². The molecule has 118 valence electrons. The summed E-state index contributed by atoms with van der Waals surface area (Å²) in [5.74, 6) is 0.667. The quantitative estimate of drug-likeness (QED) is 0.759. The van der Waals surface area contributed by atoms with Crippen LogP contribution in [0.1, 0.15) is 43.9 Å². The fraction of sp³-hybridized carbons (Fsp3) is 0.667. The van der Waals surface area contributed by atoms with Crippen LogP contribution in [0.25, 0.3) is 0 Å². The topological polar surface area (TPSA) is 32.7 Å². The molecular weight excluding hydrogens is 262 g/mol. The van der Waals surface area contributed by atoms with Crippen molar-refractivity contribution in [2.45, 2.75) is 45.3 Å².